The summed E-state index contributed by atoms with van der Waals surface area (Å²) in [4.78, 5) is 28.3. The molecule has 0 saturated heterocycles. The van der Waals surface area contributed by atoms with E-state index in [0.29, 0.717) is 6.42 Å². The van der Waals surface area contributed by atoms with E-state index < -0.39 is 17.9 Å². The predicted octanol–water partition coefficient (Wildman–Crippen LogP) is 2.47. The van der Waals surface area contributed by atoms with Gasteiger partial charge in [-0.1, -0.05) is 29.8 Å². The van der Waals surface area contributed by atoms with Crippen molar-refractivity contribution in [3.05, 3.63) is 54.2 Å². The van der Waals surface area contributed by atoms with Gasteiger partial charge in [-0.3, -0.25) is 4.79 Å². The molecular weight excluding hydrogens is 280 g/mol. The molecule has 0 fully saturated rings. The molecule has 114 valence electrons. The number of nitrogens with one attached hydrogen (secondary N) is 1. The molecule has 1 N–H and O–H groups in total. The molecule has 5 heteroatoms. The number of pyridine rings is 1. The van der Waals surface area contributed by atoms with Gasteiger partial charge in [0, 0.05) is 5.39 Å². The first kappa shape index (κ1) is 15.7. The molecule has 0 aliphatic rings. The zero-order valence-corrected chi connectivity index (χ0v) is 12.6. The zero-order chi connectivity index (χ0) is 16.1. The molecule has 1 aromatic heterocycles. The Morgan fingerprint density at radius 3 is 2.68 bits per heavy atom. The normalized spacial score (nSPS) is 11.7. The van der Waals surface area contributed by atoms with Gasteiger partial charge in [-0.2, -0.15) is 0 Å². The Bertz CT molecular complexity index is 725. The first-order valence-corrected chi connectivity index (χ1v) is 6.90. The van der Waals surface area contributed by atoms with Crippen molar-refractivity contribution in [1.29, 1.82) is 0 Å². The molecule has 0 unspecified atom stereocenters. The molecule has 22 heavy (non-hydrogen) atoms. The maximum Gasteiger partial charge on any atom is 0.328 e. The summed E-state index contributed by atoms with van der Waals surface area (Å²) in [6, 6.07) is 10.2. The van der Waals surface area contributed by atoms with Gasteiger partial charge in [0.15, 0.2) is 0 Å². The predicted molar refractivity (Wildman–Crippen MR) is 84.4 cm³/mol. The average molecular weight is 298 g/mol. The summed E-state index contributed by atoms with van der Waals surface area (Å²) in [7, 11) is 1.29. The van der Waals surface area contributed by atoms with Gasteiger partial charge >= 0.3 is 5.97 Å². The van der Waals surface area contributed by atoms with Crippen molar-refractivity contribution < 1.29 is 14.3 Å². The van der Waals surface area contributed by atoms with Crippen LogP contribution in [0.4, 0.5) is 0 Å². The number of amides is 1. The van der Waals surface area contributed by atoms with E-state index in [4.69, 9.17) is 4.74 Å². The van der Waals surface area contributed by atoms with E-state index in [2.05, 4.69) is 16.9 Å². The van der Waals surface area contributed by atoms with Crippen LogP contribution in [0, 0.1) is 0 Å². The van der Waals surface area contributed by atoms with Crippen molar-refractivity contribution in [2.75, 3.05) is 7.11 Å². The lowest BCUT2D eigenvalue weighted by Crippen LogP contribution is -2.41. The fraction of sp³-hybridized carbons (Fsp3) is 0.235. The highest BCUT2D eigenvalue weighted by molar-refractivity contribution is 5.97. The van der Waals surface area contributed by atoms with E-state index in [1.54, 1.807) is 13.0 Å². The Morgan fingerprint density at radius 1 is 1.27 bits per heavy atom. The van der Waals surface area contributed by atoms with Crippen LogP contribution >= 0.6 is 0 Å². The van der Waals surface area contributed by atoms with Crippen molar-refractivity contribution in [1.82, 2.24) is 10.3 Å². The zero-order valence-electron chi connectivity index (χ0n) is 12.6. The smallest absolute Gasteiger partial charge is 0.328 e. The van der Waals surface area contributed by atoms with Gasteiger partial charge in [0.2, 0.25) is 0 Å². The minimum atomic E-state index is -0.761. The van der Waals surface area contributed by atoms with E-state index in [1.807, 2.05) is 30.3 Å². The summed E-state index contributed by atoms with van der Waals surface area (Å²) in [5.41, 5.74) is 1.76. The van der Waals surface area contributed by atoms with Crippen molar-refractivity contribution in [2.24, 2.45) is 0 Å². The molecule has 5 nitrogen and oxygen atoms in total. The Labute approximate surface area is 129 Å². The van der Waals surface area contributed by atoms with Crippen LogP contribution in [0.25, 0.3) is 10.9 Å². The van der Waals surface area contributed by atoms with Crippen LogP contribution in [0.3, 0.4) is 0 Å². The van der Waals surface area contributed by atoms with Crippen LogP contribution in [-0.4, -0.2) is 30.0 Å². The van der Waals surface area contributed by atoms with Crippen LogP contribution in [-0.2, 0) is 9.53 Å². The lowest BCUT2D eigenvalue weighted by molar-refractivity contribution is -0.142. The largest absolute Gasteiger partial charge is 0.467 e. The van der Waals surface area contributed by atoms with Crippen LogP contribution in [0.15, 0.2) is 48.6 Å². The summed E-state index contributed by atoms with van der Waals surface area (Å²) < 4.78 is 4.71. The highest BCUT2D eigenvalue weighted by Gasteiger charge is 2.22. The third-order valence-electron chi connectivity index (χ3n) is 3.17. The standard InChI is InChI=1S/C17H18N2O3/c1-11(2)10-15(17(21)22-3)19-16(20)14-9-8-12-6-4-5-7-13(12)18-14/h4-9,15H,1,10H2,2-3H3,(H,19,20)/t15-/m1/s1. The quantitative estimate of drug-likeness (QED) is 0.680. The van der Waals surface area contributed by atoms with Gasteiger partial charge in [-0.05, 0) is 25.5 Å². The van der Waals surface area contributed by atoms with Crippen molar-refractivity contribution in [3.63, 3.8) is 0 Å². The van der Waals surface area contributed by atoms with Crippen molar-refractivity contribution >= 4 is 22.8 Å². The highest BCUT2D eigenvalue weighted by Crippen LogP contribution is 2.12. The Balaban J connectivity index is 2.20. The number of hydrogen-bond acceptors (Lipinski definition) is 4. The molecule has 1 aromatic carbocycles. The van der Waals surface area contributed by atoms with Crippen LogP contribution < -0.4 is 5.32 Å². The number of benzene rings is 1. The summed E-state index contributed by atoms with van der Waals surface area (Å²) in [6.07, 6.45) is 0.325. The lowest BCUT2D eigenvalue weighted by Gasteiger charge is -2.16. The fourth-order valence-corrected chi connectivity index (χ4v) is 2.11. The van der Waals surface area contributed by atoms with E-state index in [0.717, 1.165) is 16.5 Å². The number of ether oxygens (including phenoxy) is 1. The first-order valence-electron chi connectivity index (χ1n) is 6.90. The molecule has 2 rings (SSSR count). The molecule has 0 aliphatic carbocycles. The summed E-state index contributed by atoms with van der Waals surface area (Å²) in [5, 5.41) is 3.59. The SMILES string of the molecule is C=C(C)C[C@@H](NC(=O)c1ccc2ccccc2n1)C(=O)OC. The summed E-state index contributed by atoms with van der Waals surface area (Å²) in [6.45, 7) is 5.55. The number of rotatable bonds is 5. The number of esters is 1. The highest BCUT2D eigenvalue weighted by atomic mass is 16.5. The molecule has 1 amide bonds. The van der Waals surface area contributed by atoms with Crippen LogP contribution in [0.1, 0.15) is 23.8 Å². The Morgan fingerprint density at radius 2 is 2.00 bits per heavy atom. The van der Waals surface area contributed by atoms with Gasteiger partial charge in [-0.15, -0.1) is 6.58 Å². The van der Waals surface area contributed by atoms with E-state index in [1.165, 1.54) is 7.11 Å². The molecule has 1 atom stereocenters. The van der Waals surface area contributed by atoms with E-state index in [-0.39, 0.29) is 5.69 Å². The molecule has 0 spiro atoms. The fourth-order valence-electron chi connectivity index (χ4n) is 2.11. The van der Waals surface area contributed by atoms with Gasteiger partial charge in [-0.25, -0.2) is 9.78 Å². The van der Waals surface area contributed by atoms with Gasteiger partial charge in [0.05, 0.1) is 12.6 Å². The molecule has 0 aliphatic heterocycles. The monoisotopic (exact) mass is 298 g/mol. The van der Waals surface area contributed by atoms with Crippen LogP contribution in [0.2, 0.25) is 0 Å². The maximum absolute atomic E-state index is 12.3. The third kappa shape index (κ3) is 3.69. The molecule has 0 bridgehead atoms. The number of fused-ring (bicyclic) bond motifs is 1. The number of hydrogen-bond donors (Lipinski definition) is 1. The molecule has 2 aromatic rings. The van der Waals surface area contributed by atoms with Crippen molar-refractivity contribution in [3.8, 4) is 0 Å². The first-order chi connectivity index (χ1) is 10.5. The second kappa shape index (κ2) is 6.85. The maximum atomic E-state index is 12.3. The summed E-state index contributed by atoms with van der Waals surface area (Å²) in [5.74, 6) is -0.917. The van der Waals surface area contributed by atoms with Crippen molar-refractivity contribution in [2.45, 2.75) is 19.4 Å². The number of carbonyl (C=O) groups is 2. The van der Waals surface area contributed by atoms with Crippen LogP contribution in [0.5, 0.6) is 0 Å². The third-order valence-corrected chi connectivity index (χ3v) is 3.17. The molecule has 0 saturated carbocycles. The van der Waals surface area contributed by atoms with Gasteiger partial charge in [0.1, 0.15) is 11.7 Å². The minimum Gasteiger partial charge on any atom is -0.467 e. The number of nitrogens with zero attached hydrogens (tertiary/aromatic N) is 1. The van der Waals surface area contributed by atoms with E-state index in [9.17, 15) is 9.59 Å². The topological polar surface area (TPSA) is 68.3 Å². The van der Waals surface area contributed by atoms with E-state index >= 15 is 0 Å². The molecular formula is C17H18N2O3. The number of carbonyl (C=O) groups excluding carboxylic acids is 2. The van der Waals surface area contributed by atoms with Gasteiger partial charge < -0.3 is 10.1 Å². The molecule has 1 heterocycles. The minimum absolute atomic E-state index is 0.259. The number of methoxy groups -OCH3 is 1. The summed E-state index contributed by atoms with van der Waals surface area (Å²) >= 11 is 0. The lowest BCUT2D eigenvalue weighted by atomic mass is 10.1. The Kier molecular flexibility index (Phi) is 4.88. The average Bonchev–Trinajstić information content (AvgIpc) is 2.52. The second-order valence-electron chi connectivity index (χ2n) is 5.10. The second-order valence-corrected chi connectivity index (χ2v) is 5.10. The number of aromatic nitrogens is 1. The van der Waals surface area contributed by atoms with Gasteiger partial charge in [0.25, 0.3) is 5.91 Å². The number of para-hydroxylation sites is 1. The Hall–Kier alpha value is -2.69. The molecule has 0 radical (unpaired) electrons.